The first-order valence-corrected chi connectivity index (χ1v) is 6.33. The van der Waals surface area contributed by atoms with Gasteiger partial charge in [0.15, 0.2) is 0 Å². The number of hydrogen-bond donors (Lipinski definition) is 0. The normalized spacial score (nSPS) is 12.0. The van der Waals surface area contributed by atoms with Crippen LogP contribution in [-0.4, -0.2) is 23.5 Å². The molecule has 0 fully saturated rings. The molecule has 1 atom stereocenters. The molecule has 0 aliphatic rings. The Labute approximate surface area is 112 Å². The van der Waals surface area contributed by atoms with E-state index in [4.69, 9.17) is 9.47 Å². The number of carbonyl (C=O) groups is 2. The second-order valence-corrected chi connectivity index (χ2v) is 4.43. The average molecular weight is 265 g/mol. The zero-order chi connectivity index (χ0) is 14.3. The zero-order valence-electron chi connectivity index (χ0n) is 11.5. The maximum absolute atomic E-state index is 11.9. The maximum atomic E-state index is 11.9. The monoisotopic (exact) mass is 265 g/mol. The molecular formula is C14H19NO4. The van der Waals surface area contributed by atoms with Crippen LogP contribution in [0.3, 0.4) is 0 Å². The Morgan fingerprint density at radius 3 is 2.58 bits per heavy atom. The van der Waals surface area contributed by atoms with E-state index in [2.05, 4.69) is 4.98 Å². The Balaban J connectivity index is 2.85. The highest BCUT2D eigenvalue weighted by Crippen LogP contribution is 2.20. The van der Waals surface area contributed by atoms with E-state index < -0.39 is 18.0 Å². The Kier molecular flexibility index (Phi) is 5.99. The standard InChI is InChI=1S/C14H19NO4/c1-4-8-18-14(17)12(19-13(16)10(2)3)11-6-5-7-15-9-11/h5-7,9-10,12H,4,8H2,1-3H3. The van der Waals surface area contributed by atoms with Gasteiger partial charge in [-0.15, -0.1) is 0 Å². The number of hydrogen-bond acceptors (Lipinski definition) is 5. The molecule has 0 spiro atoms. The van der Waals surface area contributed by atoms with Crippen LogP contribution in [0.5, 0.6) is 0 Å². The summed E-state index contributed by atoms with van der Waals surface area (Å²) < 4.78 is 10.2. The lowest BCUT2D eigenvalue weighted by Crippen LogP contribution is -2.24. The molecule has 5 nitrogen and oxygen atoms in total. The van der Waals surface area contributed by atoms with E-state index in [-0.39, 0.29) is 5.92 Å². The van der Waals surface area contributed by atoms with Crippen molar-refractivity contribution < 1.29 is 19.1 Å². The molecule has 1 aromatic rings. The van der Waals surface area contributed by atoms with Gasteiger partial charge in [0.05, 0.1) is 12.5 Å². The van der Waals surface area contributed by atoms with Crippen LogP contribution in [0, 0.1) is 5.92 Å². The van der Waals surface area contributed by atoms with Gasteiger partial charge in [0.25, 0.3) is 0 Å². The SMILES string of the molecule is CCCOC(=O)C(OC(=O)C(C)C)c1cccnc1. The highest BCUT2D eigenvalue weighted by atomic mass is 16.6. The summed E-state index contributed by atoms with van der Waals surface area (Å²) in [6, 6.07) is 3.36. The van der Waals surface area contributed by atoms with Crippen LogP contribution in [-0.2, 0) is 19.1 Å². The molecule has 0 radical (unpaired) electrons. The molecule has 0 N–H and O–H groups in total. The van der Waals surface area contributed by atoms with Crippen molar-refractivity contribution in [1.82, 2.24) is 4.98 Å². The van der Waals surface area contributed by atoms with E-state index in [1.54, 1.807) is 32.2 Å². The summed E-state index contributed by atoms with van der Waals surface area (Å²) in [6.45, 7) is 5.61. The van der Waals surface area contributed by atoms with Gasteiger partial charge in [-0.25, -0.2) is 4.79 Å². The number of esters is 2. The Morgan fingerprint density at radius 1 is 1.32 bits per heavy atom. The van der Waals surface area contributed by atoms with Gasteiger partial charge in [0, 0.05) is 18.0 Å². The van der Waals surface area contributed by atoms with Gasteiger partial charge in [-0.05, 0) is 12.5 Å². The minimum atomic E-state index is -1.05. The molecule has 0 aliphatic heterocycles. The lowest BCUT2D eigenvalue weighted by atomic mass is 10.1. The van der Waals surface area contributed by atoms with E-state index in [0.29, 0.717) is 18.6 Å². The Morgan fingerprint density at radius 2 is 2.05 bits per heavy atom. The van der Waals surface area contributed by atoms with Crippen molar-refractivity contribution in [2.24, 2.45) is 5.92 Å². The first-order chi connectivity index (χ1) is 9.06. The van der Waals surface area contributed by atoms with Crippen LogP contribution in [0.25, 0.3) is 0 Å². The van der Waals surface area contributed by atoms with Gasteiger partial charge in [-0.3, -0.25) is 9.78 Å². The Hall–Kier alpha value is -1.91. The van der Waals surface area contributed by atoms with Crippen LogP contribution in [0.1, 0.15) is 38.9 Å². The van der Waals surface area contributed by atoms with Crippen molar-refractivity contribution in [3.8, 4) is 0 Å². The third-order valence-corrected chi connectivity index (χ3v) is 2.36. The largest absolute Gasteiger partial charge is 0.463 e. The number of pyridine rings is 1. The zero-order valence-corrected chi connectivity index (χ0v) is 11.5. The lowest BCUT2D eigenvalue weighted by molar-refractivity contribution is -0.170. The second kappa shape index (κ2) is 7.51. The number of nitrogens with zero attached hydrogens (tertiary/aromatic N) is 1. The van der Waals surface area contributed by atoms with Gasteiger partial charge in [0.1, 0.15) is 0 Å². The lowest BCUT2D eigenvalue weighted by Gasteiger charge is -2.17. The third-order valence-electron chi connectivity index (χ3n) is 2.36. The second-order valence-electron chi connectivity index (χ2n) is 4.43. The van der Waals surface area contributed by atoms with Gasteiger partial charge in [-0.1, -0.05) is 26.8 Å². The molecule has 0 aromatic carbocycles. The van der Waals surface area contributed by atoms with E-state index >= 15 is 0 Å². The number of ether oxygens (including phenoxy) is 2. The summed E-state index contributed by atoms with van der Waals surface area (Å²) in [5.41, 5.74) is 0.512. The van der Waals surface area contributed by atoms with Crippen LogP contribution in [0.4, 0.5) is 0 Å². The molecule has 1 aromatic heterocycles. The molecule has 104 valence electrons. The molecule has 1 heterocycles. The fourth-order valence-corrected chi connectivity index (χ4v) is 1.31. The van der Waals surface area contributed by atoms with E-state index in [0.717, 1.165) is 0 Å². The van der Waals surface area contributed by atoms with Crippen LogP contribution >= 0.6 is 0 Å². The van der Waals surface area contributed by atoms with E-state index in [1.807, 2.05) is 6.92 Å². The predicted molar refractivity (Wildman–Crippen MR) is 69.2 cm³/mol. The maximum Gasteiger partial charge on any atom is 0.352 e. The Bertz CT molecular complexity index is 417. The minimum Gasteiger partial charge on any atom is -0.463 e. The summed E-state index contributed by atoms with van der Waals surface area (Å²) >= 11 is 0. The van der Waals surface area contributed by atoms with Crippen molar-refractivity contribution in [2.45, 2.75) is 33.3 Å². The van der Waals surface area contributed by atoms with E-state index in [9.17, 15) is 9.59 Å². The summed E-state index contributed by atoms with van der Waals surface area (Å²) in [5.74, 6) is -1.32. The number of carbonyl (C=O) groups excluding carboxylic acids is 2. The summed E-state index contributed by atoms with van der Waals surface area (Å²) in [6.07, 6.45) is 2.74. The van der Waals surface area contributed by atoms with Crippen LogP contribution in [0.15, 0.2) is 24.5 Å². The fourth-order valence-electron chi connectivity index (χ4n) is 1.31. The summed E-state index contributed by atoms with van der Waals surface area (Å²) in [4.78, 5) is 27.5. The molecule has 0 bridgehead atoms. The molecular weight excluding hydrogens is 246 g/mol. The molecule has 0 aliphatic carbocycles. The third kappa shape index (κ3) is 4.69. The molecule has 0 amide bonds. The first kappa shape index (κ1) is 15.1. The van der Waals surface area contributed by atoms with Crippen LogP contribution in [0.2, 0.25) is 0 Å². The first-order valence-electron chi connectivity index (χ1n) is 6.33. The molecule has 1 rings (SSSR count). The predicted octanol–water partition coefficient (Wildman–Crippen LogP) is 2.28. The van der Waals surface area contributed by atoms with Crippen molar-refractivity contribution in [2.75, 3.05) is 6.61 Å². The van der Waals surface area contributed by atoms with Gasteiger partial charge in [0.2, 0.25) is 6.10 Å². The molecule has 0 saturated carbocycles. The molecule has 5 heteroatoms. The van der Waals surface area contributed by atoms with Crippen molar-refractivity contribution in [3.05, 3.63) is 30.1 Å². The van der Waals surface area contributed by atoms with Crippen molar-refractivity contribution in [1.29, 1.82) is 0 Å². The van der Waals surface area contributed by atoms with Crippen molar-refractivity contribution in [3.63, 3.8) is 0 Å². The number of aromatic nitrogens is 1. The highest BCUT2D eigenvalue weighted by molar-refractivity contribution is 5.81. The summed E-state index contributed by atoms with van der Waals surface area (Å²) in [5, 5.41) is 0. The van der Waals surface area contributed by atoms with Crippen molar-refractivity contribution >= 4 is 11.9 Å². The van der Waals surface area contributed by atoms with Gasteiger partial charge < -0.3 is 9.47 Å². The number of rotatable bonds is 6. The molecule has 1 unspecified atom stereocenters. The smallest absolute Gasteiger partial charge is 0.352 e. The topological polar surface area (TPSA) is 65.5 Å². The highest BCUT2D eigenvalue weighted by Gasteiger charge is 2.27. The fraction of sp³-hybridized carbons (Fsp3) is 0.500. The molecule has 19 heavy (non-hydrogen) atoms. The average Bonchev–Trinajstić information content (AvgIpc) is 2.42. The van der Waals surface area contributed by atoms with Gasteiger partial charge in [-0.2, -0.15) is 0 Å². The van der Waals surface area contributed by atoms with Gasteiger partial charge >= 0.3 is 11.9 Å². The summed E-state index contributed by atoms with van der Waals surface area (Å²) in [7, 11) is 0. The van der Waals surface area contributed by atoms with Crippen LogP contribution < -0.4 is 0 Å². The quantitative estimate of drug-likeness (QED) is 0.738. The van der Waals surface area contributed by atoms with E-state index in [1.165, 1.54) is 6.20 Å². The minimum absolute atomic E-state index is 0.300. The molecule has 0 saturated heterocycles.